The fraction of sp³-hybridized carbons (Fsp3) is 0.647. The predicted molar refractivity (Wildman–Crippen MR) is 81.2 cm³/mol. The average Bonchev–Trinajstić information content (AvgIpc) is 2.34. The lowest BCUT2D eigenvalue weighted by Crippen LogP contribution is -2.27. The van der Waals surface area contributed by atoms with E-state index in [1.54, 1.807) is 0 Å². The first-order valence-corrected chi connectivity index (χ1v) is 7.26. The molecule has 0 aromatic heterocycles. The van der Waals surface area contributed by atoms with Gasteiger partial charge in [0.1, 0.15) is 0 Å². The minimum Gasteiger partial charge on any atom is -0.316 e. The van der Waals surface area contributed by atoms with Gasteiger partial charge in [-0.25, -0.2) is 0 Å². The summed E-state index contributed by atoms with van der Waals surface area (Å²) in [4.78, 5) is 0. The molecule has 0 heterocycles. The smallest absolute Gasteiger partial charge is 0.00258 e. The van der Waals surface area contributed by atoms with Crippen LogP contribution in [0.15, 0.2) is 24.3 Å². The zero-order valence-electron chi connectivity index (χ0n) is 12.7. The van der Waals surface area contributed by atoms with Crippen LogP contribution in [0.5, 0.6) is 0 Å². The van der Waals surface area contributed by atoms with Gasteiger partial charge in [0.15, 0.2) is 0 Å². The molecule has 0 amide bonds. The zero-order chi connectivity index (χ0) is 13.6. The first kappa shape index (κ1) is 15.2. The van der Waals surface area contributed by atoms with E-state index < -0.39 is 0 Å². The Labute approximate surface area is 113 Å². The SMILES string of the molecule is CCc1ccc(C(C)(C)CCNCC(C)C)cc1. The van der Waals surface area contributed by atoms with Crippen molar-refractivity contribution in [1.29, 1.82) is 0 Å². The van der Waals surface area contributed by atoms with E-state index in [2.05, 4.69) is 64.2 Å². The van der Waals surface area contributed by atoms with Gasteiger partial charge in [0.2, 0.25) is 0 Å². The lowest BCUT2D eigenvalue weighted by atomic mass is 9.81. The van der Waals surface area contributed by atoms with Gasteiger partial charge >= 0.3 is 0 Å². The zero-order valence-corrected chi connectivity index (χ0v) is 12.7. The standard InChI is InChI=1S/C17H29N/c1-6-15-7-9-16(10-8-15)17(4,5)11-12-18-13-14(2)3/h7-10,14,18H,6,11-13H2,1-5H3. The van der Waals surface area contributed by atoms with Crippen LogP contribution in [0, 0.1) is 5.92 Å². The highest BCUT2D eigenvalue weighted by atomic mass is 14.8. The molecule has 0 radical (unpaired) electrons. The monoisotopic (exact) mass is 247 g/mol. The van der Waals surface area contributed by atoms with Crippen LogP contribution in [0.1, 0.15) is 52.2 Å². The Bertz CT molecular complexity index is 335. The van der Waals surface area contributed by atoms with Crippen LogP contribution in [-0.2, 0) is 11.8 Å². The van der Waals surface area contributed by atoms with Gasteiger partial charge in [-0.15, -0.1) is 0 Å². The second-order valence-corrected chi connectivity index (χ2v) is 6.28. The Morgan fingerprint density at radius 1 is 1.11 bits per heavy atom. The van der Waals surface area contributed by atoms with E-state index in [4.69, 9.17) is 0 Å². The summed E-state index contributed by atoms with van der Waals surface area (Å²) in [7, 11) is 0. The van der Waals surface area contributed by atoms with Crippen LogP contribution < -0.4 is 5.32 Å². The highest BCUT2D eigenvalue weighted by Gasteiger charge is 2.19. The van der Waals surface area contributed by atoms with Crippen molar-refractivity contribution in [3.05, 3.63) is 35.4 Å². The maximum atomic E-state index is 3.53. The summed E-state index contributed by atoms with van der Waals surface area (Å²) < 4.78 is 0. The van der Waals surface area contributed by atoms with E-state index in [-0.39, 0.29) is 5.41 Å². The van der Waals surface area contributed by atoms with Gasteiger partial charge in [-0.3, -0.25) is 0 Å². The van der Waals surface area contributed by atoms with Crippen molar-refractivity contribution < 1.29 is 0 Å². The third-order valence-corrected chi connectivity index (χ3v) is 3.62. The fourth-order valence-electron chi connectivity index (χ4n) is 2.13. The van der Waals surface area contributed by atoms with Crippen LogP contribution in [0.2, 0.25) is 0 Å². The number of hydrogen-bond donors (Lipinski definition) is 1. The summed E-state index contributed by atoms with van der Waals surface area (Å²) in [6.45, 7) is 13.6. The third-order valence-electron chi connectivity index (χ3n) is 3.62. The number of rotatable bonds is 7. The minimum atomic E-state index is 0.260. The molecule has 0 aliphatic heterocycles. The Hall–Kier alpha value is -0.820. The summed E-state index contributed by atoms with van der Waals surface area (Å²) in [6.07, 6.45) is 2.31. The molecule has 0 aliphatic rings. The summed E-state index contributed by atoms with van der Waals surface area (Å²) in [5, 5.41) is 3.53. The molecule has 1 aromatic rings. The van der Waals surface area contributed by atoms with Crippen LogP contribution in [-0.4, -0.2) is 13.1 Å². The van der Waals surface area contributed by atoms with Crippen molar-refractivity contribution in [3.8, 4) is 0 Å². The number of aryl methyl sites for hydroxylation is 1. The van der Waals surface area contributed by atoms with Gasteiger partial charge in [-0.05, 0) is 48.4 Å². The summed E-state index contributed by atoms with van der Waals surface area (Å²) in [5.41, 5.74) is 3.13. The molecule has 18 heavy (non-hydrogen) atoms. The van der Waals surface area contributed by atoms with Crippen molar-refractivity contribution >= 4 is 0 Å². The highest BCUT2D eigenvalue weighted by molar-refractivity contribution is 5.28. The Morgan fingerprint density at radius 2 is 1.72 bits per heavy atom. The second-order valence-electron chi connectivity index (χ2n) is 6.28. The summed E-state index contributed by atoms with van der Waals surface area (Å²) in [5.74, 6) is 0.733. The van der Waals surface area contributed by atoms with Crippen molar-refractivity contribution in [2.75, 3.05) is 13.1 Å². The predicted octanol–water partition coefficient (Wildman–Crippen LogP) is 4.16. The maximum absolute atomic E-state index is 3.53. The van der Waals surface area contributed by atoms with E-state index in [0.717, 1.165) is 25.4 Å². The molecule has 0 bridgehead atoms. The normalized spacial score (nSPS) is 12.1. The van der Waals surface area contributed by atoms with E-state index in [1.807, 2.05) is 0 Å². The molecule has 0 fully saturated rings. The first-order chi connectivity index (χ1) is 8.45. The number of benzene rings is 1. The lowest BCUT2D eigenvalue weighted by Gasteiger charge is -2.26. The van der Waals surface area contributed by atoms with Gasteiger partial charge < -0.3 is 5.32 Å². The molecule has 0 spiro atoms. The summed E-state index contributed by atoms with van der Waals surface area (Å²) in [6, 6.07) is 9.11. The molecule has 0 aliphatic carbocycles. The topological polar surface area (TPSA) is 12.0 Å². The van der Waals surface area contributed by atoms with Gasteiger partial charge in [0.05, 0.1) is 0 Å². The number of nitrogens with one attached hydrogen (secondary N) is 1. The molecular weight excluding hydrogens is 218 g/mol. The van der Waals surface area contributed by atoms with Crippen molar-refractivity contribution in [1.82, 2.24) is 5.32 Å². The molecule has 0 saturated carbocycles. The molecule has 1 aromatic carbocycles. The van der Waals surface area contributed by atoms with E-state index >= 15 is 0 Å². The van der Waals surface area contributed by atoms with Gasteiger partial charge in [-0.1, -0.05) is 58.9 Å². The van der Waals surface area contributed by atoms with Crippen LogP contribution in [0.4, 0.5) is 0 Å². The maximum Gasteiger partial charge on any atom is -0.00258 e. The Kier molecular flexibility index (Phi) is 5.87. The number of hydrogen-bond acceptors (Lipinski definition) is 1. The van der Waals surface area contributed by atoms with Gasteiger partial charge in [0.25, 0.3) is 0 Å². The molecule has 1 rings (SSSR count). The van der Waals surface area contributed by atoms with Gasteiger partial charge in [0, 0.05) is 0 Å². The first-order valence-electron chi connectivity index (χ1n) is 7.26. The Morgan fingerprint density at radius 3 is 2.22 bits per heavy atom. The molecular formula is C17H29N. The Balaban J connectivity index is 2.50. The summed E-state index contributed by atoms with van der Waals surface area (Å²) >= 11 is 0. The van der Waals surface area contributed by atoms with Crippen molar-refractivity contribution in [3.63, 3.8) is 0 Å². The minimum absolute atomic E-state index is 0.260. The van der Waals surface area contributed by atoms with Crippen LogP contribution in [0.3, 0.4) is 0 Å². The molecule has 0 atom stereocenters. The highest BCUT2D eigenvalue weighted by Crippen LogP contribution is 2.26. The molecule has 0 saturated heterocycles. The van der Waals surface area contributed by atoms with E-state index in [1.165, 1.54) is 17.5 Å². The second kappa shape index (κ2) is 6.94. The van der Waals surface area contributed by atoms with Crippen LogP contribution in [0.25, 0.3) is 0 Å². The largest absolute Gasteiger partial charge is 0.316 e. The molecule has 102 valence electrons. The van der Waals surface area contributed by atoms with Crippen molar-refractivity contribution in [2.24, 2.45) is 5.92 Å². The van der Waals surface area contributed by atoms with E-state index in [0.29, 0.717) is 0 Å². The van der Waals surface area contributed by atoms with E-state index in [9.17, 15) is 0 Å². The molecule has 1 heteroatoms. The quantitative estimate of drug-likeness (QED) is 0.713. The third kappa shape index (κ3) is 4.81. The van der Waals surface area contributed by atoms with Gasteiger partial charge in [-0.2, -0.15) is 0 Å². The molecule has 1 nitrogen and oxygen atoms in total. The lowest BCUT2D eigenvalue weighted by molar-refractivity contribution is 0.442. The fourth-order valence-corrected chi connectivity index (χ4v) is 2.13. The van der Waals surface area contributed by atoms with Crippen molar-refractivity contribution in [2.45, 2.75) is 52.9 Å². The molecule has 1 N–H and O–H groups in total. The van der Waals surface area contributed by atoms with Crippen LogP contribution >= 0.6 is 0 Å². The average molecular weight is 247 g/mol. The molecule has 0 unspecified atom stereocenters.